The van der Waals surface area contributed by atoms with Gasteiger partial charge in [-0.2, -0.15) is 10.1 Å². The second-order valence-electron chi connectivity index (χ2n) is 9.13. The van der Waals surface area contributed by atoms with Gasteiger partial charge in [0.1, 0.15) is 23.5 Å². The van der Waals surface area contributed by atoms with E-state index in [1.807, 2.05) is 11.9 Å². The maximum absolute atomic E-state index is 15.2. The molecule has 3 N–H and O–H groups in total. The fraction of sp³-hybridized carbons (Fsp3) is 0.478. The van der Waals surface area contributed by atoms with Crippen molar-refractivity contribution in [3.05, 3.63) is 30.2 Å². The summed E-state index contributed by atoms with van der Waals surface area (Å²) in [5, 5.41) is 13.8. The number of likely N-dealkylation sites (tertiary alicyclic amines) is 1. The molecule has 1 aliphatic rings. The van der Waals surface area contributed by atoms with Crippen LogP contribution in [0.25, 0.3) is 16.6 Å². The molecule has 188 valence electrons. The molecule has 35 heavy (non-hydrogen) atoms. The first-order valence-electron chi connectivity index (χ1n) is 11.3. The van der Waals surface area contributed by atoms with Gasteiger partial charge in [0.05, 0.1) is 36.6 Å². The van der Waals surface area contributed by atoms with Crippen LogP contribution in [0.5, 0.6) is 5.88 Å². The van der Waals surface area contributed by atoms with Crippen molar-refractivity contribution in [2.75, 3.05) is 44.6 Å². The van der Waals surface area contributed by atoms with Crippen LogP contribution < -0.4 is 15.4 Å². The molecule has 1 aromatic carbocycles. The molecule has 0 radical (unpaired) electrons. The Morgan fingerprint density at radius 3 is 2.83 bits per heavy atom. The molecule has 1 aliphatic heterocycles. The fourth-order valence-corrected chi connectivity index (χ4v) is 4.45. The van der Waals surface area contributed by atoms with Gasteiger partial charge in [0.25, 0.3) is 0 Å². The van der Waals surface area contributed by atoms with Crippen molar-refractivity contribution >= 4 is 22.8 Å². The van der Waals surface area contributed by atoms with Gasteiger partial charge < -0.3 is 20.3 Å². The van der Waals surface area contributed by atoms with E-state index in [0.717, 1.165) is 6.54 Å². The first-order chi connectivity index (χ1) is 16.7. The first kappa shape index (κ1) is 24.7. The van der Waals surface area contributed by atoms with E-state index in [2.05, 4.69) is 25.8 Å². The van der Waals surface area contributed by atoms with Crippen molar-refractivity contribution in [3.63, 3.8) is 0 Å². The van der Waals surface area contributed by atoms with E-state index < -0.39 is 30.2 Å². The molecule has 9 nitrogen and oxygen atoms in total. The van der Waals surface area contributed by atoms with E-state index in [-0.39, 0.29) is 29.5 Å². The third-order valence-electron chi connectivity index (χ3n) is 6.19. The van der Waals surface area contributed by atoms with E-state index >= 15 is 8.78 Å². The Bertz CT molecular complexity index is 1230. The Morgan fingerprint density at radius 2 is 2.17 bits per heavy atom. The van der Waals surface area contributed by atoms with Gasteiger partial charge in [0.2, 0.25) is 11.8 Å². The van der Waals surface area contributed by atoms with Crippen LogP contribution in [0.3, 0.4) is 0 Å². The Morgan fingerprint density at radius 1 is 1.40 bits per heavy atom. The molecule has 1 saturated heterocycles. The fourth-order valence-electron chi connectivity index (χ4n) is 4.45. The third kappa shape index (κ3) is 4.88. The predicted octanol–water partition coefficient (Wildman–Crippen LogP) is 4.82. The highest BCUT2D eigenvalue weighted by Crippen LogP contribution is 2.38. The molecular formula is C23H29F3N8O. The predicted molar refractivity (Wildman–Crippen MR) is 128 cm³/mol. The van der Waals surface area contributed by atoms with E-state index in [4.69, 9.17) is 10.3 Å². The SMILES string of the molecule is COc1nc(N[C@H]2CCN(C)CC2(C)F)nn2cc(F)c(-c3ccc(N=N)c(N[C@@H](C)CF)c3)c12. The van der Waals surface area contributed by atoms with E-state index in [9.17, 15) is 4.39 Å². The van der Waals surface area contributed by atoms with Gasteiger partial charge in [-0.3, -0.25) is 0 Å². The molecule has 12 heteroatoms. The van der Waals surface area contributed by atoms with Crippen LogP contribution in [-0.2, 0) is 0 Å². The number of nitrogens with zero attached hydrogens (tertiary/aromatic N) is 5. The van der Waals surface area contributed by atoms with Gasteiger partial charge in [0, 0.05) is 13.1 Å². The maximum Gasteiger partial charge on any atom is 0.244 e. The number of hydrogen-bond donors (Lipinski definition) is 3. The lowest BCUT2D eigenvalue weighted by Gasteiger charge is -2.39. The van der Waals surface area contributed by atoms with Crippen LogP contribution in [0.1, 0.15) is 20.3 Å². The number of ether oxygens (including phenoxy) is 1. The number of hydrogen-bond acceptors (Lipinski definition) is 8. The summed E-state index contributed by atoms with van der Waals surface area (Å²) in [6, 6.07) is 3.71. The number of halogens is 3. The van der Waals surface area contributed by atoms with Gasteiger partial charge in [-0.25, -0.2) is 23.2 Å². The summed E-state index contributed by atoms with van der Waals surface area (Å²) in [5.41, 5.74) is 7.45. The number of nitrogens with one attached hydrogen (secondary N) is 3. The number of fused-ring (bicyclic) bond motifs is 1. The number of methoxy groups -OCH3 is 1. The Kier molecular flexibility index (Phi) is 6.84. The van der Waals surface area contributed by atoms with Crippen molar-refractivity contribution in [1.29, 1.82) is 5.53 Å². The summed E-state index contributed by atoms with van der Waals surface area (Å²) in [6.45, 7) is 3.54. The highest BCUT2D eigenvalue weighted by Gasteiger charge is 2.39. The lowest BCUT2D eigenvalue weighted by Crippen LogP contribution is -2.54. The van der Waals surface area contributed by atoms with Gasteiger partial charge in [-0.15, -0.1) is 5.10 Å². The Labute approximate surface area is 201 Å². The van der Waals surface area contributed by atoms with Gasteiger partial charge >= 0.3 is 0 Å². The standard InChI is InChI=1S/C23H29F3N8O/c1-13(10-24)28-17-9-14(5-6-16(17)31-27)19-15(25)11-34-20(19)21(35-4)30-22(32-34)29-18-7-8-33(3)12-23(18,2)26/h5-6,9,11,13,18,27-28H,7-8,10,12H2,1-4H3,(H,29,32)/t13-,18-,23?/m0/s1. The van der Waals surface area contributed by atoms with Crippen LogP contribution in [0, 0.1) is 11.3 Å². The zero-order valence-electron chi connectivity index (χ0n) is 20.1. The molecule has 0 saturated carbocycles. The molecule has 1 unspecified atom stereocenters. The monoisotopic (exact) mass is 490 g/mol. The summed E-state index contributed by atoms with van der Waals surface area (Å²) >= 11 is 0. The molecule has 0 spiro atoms. The zero-order chi connectivity index (χ0) is 25.3. The lowest BCUT2D eigenvalue weighted by molar-refractivity contribution is 0.0619. The average Bonchev–Trinajstić information content (AvgIpc) is 3.15. The quantitative estimate of drug-likeness (QED) is 0.391. The van der Waals surface area contributed by atoms with E-state index in [1.54, 1.807) is 25.1 Å². The number of benzene rings is 1. The normalized spacial score (nSPS) is 21.6. The maximum atomic E-state index is 15.2. The highest BCUT2D eigenvalue weighted by atomic mass is 19.1. The van der Waals surface area contributed by atoms with Crippen molar-refractivity contribution < 1.29 is 17.9 Å². The lowest BCUT2D eigenvalue weighted by atomic mass is 9.91. The van der Waals surface area contributed by atoms with Crippen molar-refractivity contribution in [2.45, 2.75) is 38.0 Å². The minimum atomic E-state index is -1.50. The number of aromatic nitrogens is 3. The molecule has 0 amide bonds. The summed E-state index contributed by atoms with van der Waals surface area (Å²) in [4.78, 5) is 6.31. The molecule has 3 atom stereocenters. The van der Waals surface area contributed by atoms with Crippen LogP contribution in [-0.4, -0.2) is 71.2 Å². The average molecular weight is 491 g/mol. The number of piperidine rings is 1. The van der Waals surface area contributed by atoms with Gasteiger partial charge in [-0.05, 0) is 45.0 Å². The number of alkyl halides is 2. The summed E-state index contributed by atoms with van der Waals surface area (Å²) in [6.07, 6.45) is 1.75. The Hall–Kier alpha value is -3.41. The number of rotatable bonds is 8. The summed E-state index contributed by atoms with van der Waals surface area (Å²) in [5.74, 6) is -0.350. The Balaban J connectivity index is 1.75. The second-order valence-corrected chi connectivity index (χ2v) is 9.13. The van der Waals surface area contributed by atoms with Crippen LogP contribution in [0.4, 0.5) is 30.5 Å². The molecular weight excluding hydrogens is 461 g/mol. The highest BCUT2D eigenvalue weighted by molar-refractivity contribution is 5.88. The van der Waals surface area contributed by atoms with Crippen molar-refractivity contribution in [2.24, 2.45) is 5.11 Å². The van der Waals surface area contributed by atoms with Crippen molar-refractivity contribution in [3.8, 4) is 17.0 Å². The third-order valence-corrected chi connectivity index (χ3v) is 6.19. The molecule has 2 aromatic heterocycles. The van der Waals surface area contributed by atoms with Gasteiger partial charge in [0.15, 0.2) is 5.82 Å². The first-order valence-corrected chi connectivity index (χ1v) is 11.3. The van der Waals surface area contributed by atoms with E-state index in [0.29, 0.717) is 23.4 Å². The topological polar surface area (TPSA) is 103 Å². The molecule has 3 heterocycles. The molecule has 4 rings (SSSR count). The van der Waals surface area contributed by atoms with Crippen LogP contribution in [0.15, 0.2) is 29.5 Å². The minimum absolute atomic E-state index is 0.107. The summed E-state index contributed by atoms with van der Waals surface area (Å²) in [7, 11) is 3.28. The molecule has 1 fully saturated rings. The molecule has 0 bridgehead atoms. The smallest absolute Gasteiger partial charge is 0.244 e. The molecule has 3 aromatic rings. The largest absolute Gasteiger partial charge is 0.479 e. The zero-order valence-corrected chi connectivity index (χ0v) is 20.1. The van der Waals surface area contributed by atoms with E-state index in [1.165, 1.54) is 24.7 Å². The van der Waals surface area contributed by atoms with Crippen LogP contribution >= 0.6 is 0 Å². The molecule has 0 aliphatic carbocycles. The van der Waals surface area contributed by atoms with Gasteiger partial charge in [-0.1, -0.05) is 6.07 Å². The summed E-state index contributed by atoms with van der Waals surface area (Å²) < 4.78 is 50.2. The van der Waals surface area contributed by atoms with Crippen molar-refractivity contribution in [1.82, 2.24) is 19.5 Å². The second kappa shape index (κ2) is 9.68. The number of anilines is 2. The minimum Gasteiger partial charge on any atom is -0.479 e. The van der Waals surface area contributed by atoms with Crippen LogP contribution in [0.2, 0.25) is 0 Å².